The van der Waals surface area contributed by atoms with E-state index in [0.29, 0.717) is 0 Å². The molecule has 0 aromatic carbocycles. The molecule has 4 nitrogen and oxygen atoms in total. The Kier molecular flexibility index (Phi) is 4.47. The molecule has 96 valence electrons. The second-order valence-electron chi connectivity index (χ2n) is 4.55. The molecule has 0 aliphatic heterocycles. The van der Waals surface area contributed by atoms with Gasteiger partial charge in [-0.25, -0.2) is 4.98 Å². The van der Waals surface area contributed by atoms with Gasteiger partial charge in [-0.05, 0) is 30.9 Å². The average molecular weight is 245 g/mol. The Hall–Kier alpha value is -1.68. The molecule has 1 unspecified atom stereocenters. The Balaban J connectivity index is 1.73. The van der Waals surface area contributed by atoms with Crippen LogP contribution in [0.15, 0.2) is 36.9 Å². The molecular weight excluding hydrogens is 226 g/mol. The van der Waals surface area contributed by atoms with E-state index >= 15 is 0 Å². The highest BCUT2D eigenvalue weighted by atomic mass is 16.3. The predicted octanol–water partition coefficient (Wildman–Crippen LogP) is 1.74. The van der Waals surface area contributed by atoms with E-state index in [1.165, 1.54) is 5.56 Å². The summed E-state index contributed by atoms with van der Waals surface area (Å²) >= 11 is 0. The first-order chi connectivity index (χ1) is 8.75. The van der Waals surface area contributed by atoms with Crippen molar-refractivity contribution in [1.82, 2.24) is 14.5 Å². The normalized spacial score (nSPS) is 12.6. The zero-order chi connectivity index (χ0) is 12.8. The smallest absolute Gasteiger partial charge is 0.108 e. The largest absolute Gasteiger partial charge is 0.393 e. The molecule has 4 heteroatoms. The molecule has 0 saturated heterocycles. The van der Waals surface area contributed by atoms with E-state index in [1.807, 2.05) is 36.1 Å². The molecular formula is C14H19N3O. The van der Waals surface area contributed by atoms with Gasteiger partial charge in [0.1, 0.15) is 5.82 Å². The van der Waals surface area contributed by atoms with Crippen molar-refractivity contribution >= 4 is 0 Å². The van der Waals surface area contributed by atoms with Gasteiger partial charge in [0.25, 0.3) is 0 Å². The molecule has 18 heavy (non-hydrogen) atoms. The Morgan fingerprint density at radius 1 is 1.28 bits per heavy atom. The third-order valence-corrected chi connectivity index (χ3v) is 3.11. The molecule has 2 rings (SSSR count). The van der Waals surface area contributed by atoms with Crippen LogP contribution in [0.3, 0.4) is 0 Å². The van der Waals surface area contributed by atoms with Crippen molar-refractivity contribution in [3.05, 3.63) is 48.3 Å². The maximum Gasteiger partial charge on any atom is 0.108 e. The fraction of sp³-hybridized carbons (Fsp3) is 0.429. The van der Waals surface area contributed by atoms with E-state index in [4.69, 9.17) is 0 Å². The maximum atomic E-state index is 9.94. The highest BCUT2D eigenvalue weighted by Crippen LogP contribution is 2.09. The zero-order valence-corrected chi connectivity index (χ0v) is 10.7. The van der Waals surface area contributed by atoms with Gasteiger partial charge in [0, 0.05) is 38.3 Å². The van der Waals surface area contributed by atoms with Crippen LogP contribution in [0.4, 0.5) is 0 Å². The second kappa shape index (κ2) is 6.31. The van der Waals surface area contributed by atoms with Crippen LogP contribution in [0.25, 0.3) is 0 Å². The first kappa shape index (κ1) is 12.8. The molecule has 0 aliphatic carbocycles. The number of nitrogens with zero attached hydrogens (tertiary/aromatic N) is 3. The van der Waals surface area contributed by atoms with Crippen molar-refractivity contribution in [1.29, 1.82) is 0 Å². The minimum absolute atomic E-state index is 0.276. The fourth-order valence-electron chi connectivity index (χ4n) is 1.96. The quantitative estimate of drug-likeness (QED) is 0.843. The van der Waals surface area contributed by atoms with Gasteiger partial charge in [0.15, 0.2) is 0 Å². The fourth-order valence-corrected chi connectivity index (χ4v) is 1.96. The van der Waals surface area contributed by atoms with Crippen molar-refractivity contribution in [3.63, 3.8) is 0 Å². The SMILES string of the molecule is Cn1ccnc1CCC(O)CCc1cccnc1. The predicted molar refractivity (Wildman–Crippen MR) is 70.1 cm³/mol. The van der Waals surface area contributed by atoms with Gasteiger partial charge in [-0.1, -0.05) is 6.07 Å². The van der Waals surface area contributed by atoms with Gasteiger partial charge in [-0.15, -0.1) is 0 Å². The van der Waals surface area contributed by atoms with Crippen molar-refractivity contribution in [2.45, 2.75) is 31.8 Å². The standard InChI is InChI=1S/C14H19N3O/c1-17-10-9-16-14(17)7-6-13(18)5-4-12-3-2-8-15-11-12/h2-3,8-11,13,18H,4-7H2,1H3. The zero-order valence-electron chi connectivity index (χ0n) is 10.7. The van der Waals surface area contributed by atoms with Crippen molar-refractivity contribution in [2.24, 2.45) is 7.05 Å². The maximum absolute atomic E-state index is 9.94. The number of aryl methyl sites for hydroxylation is 3. The number of aromatic nitrogens is 3. The lowest BCUT2D eigenvalue weighted by Gasteiger charge is -2.10. The first-order valence-corrected chi connectivity index (χ1v) is 6.29. The number of rotatable bonds is 6. The summed E-state index contributed by atoms with van der Waals surface area (Å²) in [6, 6.07) is 3.97. The van der Waals surface area contributed by atoms with E-state index in [-0.39, 0.29) is 6.10 Å². The summed E-state index contributed by atoms with van der Waals surface area (Å²) in [5.41, 5.74) is 1.17. The van der Waals surface area contributed by atoms with Crippen LogP contribution in [0.1, 0.15) is 24.2 Å². The Morgan fingerprint density at radius 2 is 2.11 bits per heavy atom. The molecule has 0 spiro atoms. The lowest BCUT2D eigenvalue weighted by Crippen LogP contribution is -2.11. The summed E-state index contributed by atoms with van der Waals surface area (Å²) in [5.74, 6) is 1.02. The van der Waals surface area contributed by atoms with Crippen molar-refractivity contribution < 1.29 is 5.11 Å². The minimum Gasteiger partial charge on any atom is -0.393 e. The molecule has 2 aromatic heterocycles. The third-order valence-electron chi connectivity index (χ3n) is 3.11. The highest BCUT2D eigenvalue weighted by Gasteiger charge is 2.07. The molecule has 0 saturated carbocycles. The number of aliphatic hydroxyl groups is 1. The van der Waals surface area contributed by atoms with Crippen LogP contribution in [-0.4, -0.2) is 25.7 Å². The molecule has 0 bridgehead atoms. The van der Waals surface area contributed by atoms with Gasteiger partial charge in [-0.3, -0.25) is 4.98 Å². The van der Waals surface area contributed by atoms with E-state index in [2.05, 4.69) is 9.97 Å². The number of pyridine rings is 1. The van der Waals surface area contributed by atoms with Gasteiger partial charge in [0.05, 0.1) is 6.10 Å². The average Bonchev–Trinajstić information content (AvgIpc) is 2.81. The molecule has 0 radical (unpaired) electrons. The van der Waals surface area contributed by atoms with Crippen molar-refractivity contribution in [2.75, 3.05) is 0 Å². The summed E-state index contributed by atoms with van der Waals surface area (Å²) in [4.78, 5) is 8.31. The molecule has 0 amide bonds. The summed E-state index contributed by atoms with van der Waals surface area (Å²) < 4.78 is 1.99. The van der Waals surface area contributed by atoms with Crippen LogP contribution < -0.4 is 0 Å². The number of hydrogen-bond donors (Lipinski definition) is 1. The van der Waals surface area contributed by atoms with E-state index in [0.717, 1.165) is 31.5 Å². The molecule has 1 atom stereocenters. The Bertz CT molecular complexity index is 467. The molecule has 0 aliphatic rings. The number of imidazole rings is 1. The van der Waals surface area contributed by atoms with Crippen LogP contribution in [0, 0.1) is 0 Å². The molecule has 2 heterocycles. The summed E-state index contributed by atoms with van der Waals surface area (Å²) in [7, 11) is 1.98. The Labute approximate surface area is 107 Å². The molecule has 1 N–H and O–H groups in total. The third kappa shape index (κ3) is 3.67. The summed E-state index contributed by atoms with van der Waals surface area (Å²) in [6.07, 6.45) is 10.3. The van der Waals surface area contributed by atoms with Gasteiger partial charge >= 0.3 is 0 Å². The van der Waals surface area contributed by atoms with Crippen LogP contribution in [0.2, 0.25) is 0 Å². The van der Waals surface area contributed by atoms with E-state index in [9.17, 15) is 5.11 Å². The highest BCUT2D eigenvalue weighted by molar-refractivity contribution is 5.08. The van der Waals surface area contributed by atoms with Gasteiger partial charge < -0.3 is 9.67 Å². The first-order valence-electron chi connectivity index (χ1n) is 6.29. The number of aliphatic hydroxyl groups excluding tert-OH is 1. The monoisotopic (exact) mass is 245 g/mol. The van der Waals surface area contributed by atoms with Gasteiger partial charge in [-0.2, -0.15) is 0 Å². The number of hydrogen-bond acceptors (Lipinski definition) is 3. The van der Waals surface area contributed by atoms with Crippen LogP contribution in [0.5, 0.6) is 0 Å². The molecule has 2 aromatic rings. The van der Waals surface area contributed by atoms with Crippen molar-refractivity contribution in [3.8, 4) is 0 Å². The summed E-state index contributed by atoms with van der Waals surface area (Å²) in [5, 5.41) is 9.94. The topological polar surface area (TPSA) is 50.9 Å². The Morgan fingerprint density at radius 3 is 2.78 bits per heavy atom. The van der Waals surface area contributed by atoms with E-state index < -0.39 is 0 Å². The van der Waals surface area contributed by atoms with Crippen LogP contribution in [-0.2, 0) is 19.9 Å². The van der Waals surface area contributed by atoms with Gasteiger partial charge in [0.2, 0.25) is 0 Å². The second-order valence-corrected chi connectivity index (χ2v) is 4.55. The van der Waals surface area contributed by atoms with E-state index in [1.54, 1.807) is 12.4 Å². The lowest BCUT2D eigenvalue weighted by atomic mass is 10.1. The minimum atomic E-state index is -0.276. The lowest BCUT2D eigenvalue weighted by molar-refractivity contribution is 0.154. The summed E-state index contributed by atoms with van der Waals surface area (Å²) in [6.45, 7) is 0. The molecule has 0 fully saturated rings. The van der Waals surface area contributed by atoms with Crippen LogP contribution >= 0.6 is 0 Å².